The van der Waals surface area contributed by atoms with E-state index in [2.05, 4.69) is 4.90 Å². The van der Waals surface area contributed by atoms with Crippen molar-refractivity contribution in [1.82, 2.24) is 4.90 Å². The van der Waals surface area contributed by atoms with Gasteiger partial charge in [0.05, 0.1) is 6.61 Å². The van der Waals surface area contributed by atoms with Gasteiger partial charge in [0.1, 0.15) is 0 Å². The molecule has 0 spiro atoms. The van der Waals surface area contributed by atoms with Gasteiger partial charge in [0.25, 0.3) is 0 Å². The molecule has 0 aromatic carbocycles. The van der Waals surface area contributed by atoms with Gasteiger partial charge in [-0.05, 0) is 38.6 Å². The van der Waals surface area contributed by atoms with Gasteiger partial charge in [0.15, 0.2) is 0 Å². The molecule has 0 bridgehead atoms. The van der Waals surface area contributed by atoms with Crippen molar-refractivity contribution in [3.8, 4) is 0 Å². The molecule has 1 N–H and O–H groups in total. The number of nitrogens with zero attached hydrogens (tertiary/aromatic N) is 1. The second kappa shape index (κ2) is 9.83. The Labute approximate surface area is 105 Å². The summed E-state index contributed by atoms with van der Waals surface area (Å²) < 4.78 is 10.5. The Bertz CT molecular complexity index is 178. The first-order chi connectivity index (χ1) is 8.38. The van der Waals surface area contributed by atoms with Crippen LogP contribution < -0.4 is 0 Å². The molecule has 0 aliphatic carbocycles. The second-order valence-electron chi connectivity index (χ2n) is 4.66. The first-order valence-electron chi connectivity index (χ1n) is 6.80. The maximum absolute atomic E-state index is 8.85. The molecule has 0 amide bonds. The van der Waals surface area contributed by atoms with Crippen molar-refractivity contribution in [2.24, 2.45) is 0 Å². The molecule has 1 atom stereocenters. The third-order valence-electron chi connectivity index (χ3n) is 3.35. The molecule has 1 unspecified atom stereocenters. The van der Waals surface area contributed by atoms with Crippen LogP contribution in [0, 0.1) is 0 Å². The zero-order valence-electron chi connectivity index (χ0n) is 11.1. The summed E-state index contributed by atoms with van der Waals surface area (Å²) in [7, 11) is 1.72. The van der Waals surface area contributed by atoms with Gasteiger partial charge in [0, 0.05) is 39.5 Å². The predicted octanol–water partition coefficient (Wildman–Crippen LogP) is 1.28. The van der Waals surface area contributed by atoms with Gasteiger partial charge in [-0.15, -0.1) is 0 Å². The van der Waals surface area contributed by atoms with E-state index in [1.54, 1.807) is 7.11 Å². The lowest BCUT2D eigenvalue weighted by atomic mass is 10.1. The first-order valence-corrected chi connectivity index (χ1v) is 6.80. The van der Waals surface area contributed by atoms with Gasteiger partial charge < -0.3 is 14.6 Å². The summed E-state index contributed by atoms with van der Waals surface area (Å²) >= 11 is 0. The van der Waals surface area contributed by atoms with Crippen LogP contribution in [0.5, 0.6) is 0 Å². The maximum atomic E-state index is 8.85. The SMILES string of the molecule is COCCCOCCN1CCCC1CCCO. The fraction of sp³-hybridized carbons (Fsp3) is 1.00. The number of aliphatic hydroxyl groups is 1. The average molecular weight is 245 g/mol. The molecular formula is C13H27NO3. The van der Waals surface area contributed by atoms with E-state index in [0.717, 1.165) is 45.6 Å². The van der Waals surface area contributed by atoms with E-state index >= 15 is 0 Å². The van der Waals surface area contributed by atoms with E-state index in [0.29, 0.717) is 12.6 Å². The van der Waals surface area contributed by atoms with Crippen molar-refractivity contribution < 1.29 is 14.6 Å². The van der Waals surface area contributed by atoms with Crippen LogP contribution in [0.1, 0.15) is 32.1 Å². The van der Waals surface area contributed by atoms with Crippen LogP contribution >= 0.6 is 0 Å². The molecule has 1 saturated heterocycles. The fourth-order valence-electron chi connectivity index (χ4n) is 2.43. The Balaban J connectivity index is 2.00. The van der Waals surface area contributed by atoms with Crippen LogP contribution in [-0.4, -0.2) is 62.7 Å². The van der Waals surface area contributed by atoms with E-state index in [4.69, 9.17) is 14.6 Å². The van der Waals surface area contributed by atoms with Crippen LogP contribution in [0.4, 0.5) is 0 Å². The molecule has 0 radical (unpaired) electrons. The quantitative estimate of drug-likeness (QED) is 0.589. The lowest BCUT2D eigenvalue weighted by Crippen LogP contribution is -2.32. The standard InChI is InChI=1S/C13H27NO3/c1-16-10-4-11-17-12-8-14-7-2-5-13(14)6-3-9-15/h13,15H,2-12H2,1H3. The summed E-state index contributed by atoms with van der Waals surface area (Å²) in [6.07, 6.45) is 5.60. The summed E-state index contributed by atoms with van der Waals surface area (Å²) in [5.41, 5.74) is 0. The Morgan fingerprint density at radius 2 is 2.12 bits per heavy atom. The molecule has 1 aliphatic rings. The van der Waals surface area contributed by atoms with Crippen LogP contribution in [0.25, 0.3) is 0 Å². The minimum absolute atomic E-state index is 0.317. The molecule has 1 fully saturated rings. The van der Waals surface area contributed by atoms with E-state index in [1.807, 2.05) is 0 Å². The van der Waals surface area contributed by atoms with Crippen molar-refractivity contribution in [2.75, 3.05) is 46.6 Å². The zero-order chi connectivity index (χ0) is 12.3. The highest BCUT2D eigenvalue weighted by atomic mass is 16.5. The molecular weight excluding hydrogens is 218 g/mol. The van der Waals surface area contributed by atoms with E-state index in [1.165, 1.54) is 19.4 Å². The molecule has 4 heteroatoms. The third kappa shape index (κ3) is 6.36. The number of likely N-dealkylation sites (tertiary alicyclic amines) is 1. The summed E-state index contributed by atoms with van der Waals surface area (Å²) in [4.78, 5) is 2.51. The number of hydrogen-bond acceptors (Lipinski definition) is 4. The number of rotatable bonds is 10. The normalized spacial score (nSPS) is 21.2. The van der Waals surface area contributed by atoms with Crippen molar-refractivity contribution in [2.45, 2.75) is 38.1 Å². The first kappa shape index (κ1) is 14.9. The summed E-state index contributed by atoms with van der Waals surface area (Å²) in [5, 5.41) is 8.85. The van der Waals surface area contributed by atoms with Crippen molar-refractivity contribution in [1.29, 1.82) is 0 Å². The molecule has 1 rings (SSSR count). The number of ether oxygens (including phenoxy) is 2. The number of methoxy groups -OCH3 is 1. The second-order valence-corrected chi connectivity index (χ2v) is 4.66. The number of hydrogen-bond donors (Lipinski definition) is 1. The summed E-state index contributed by atoms with van der Waals surface area (Å²) in [6, 6.07) is 0.671. The molecule has 1 aliphatic heterocycles. The highest BCUT2D eigenvalue weighted by Crippen LogP contribution is 2.20. The Morgan fingerprint density at radius 1 is 1.24 bits per heavy atom. The Kier molecular flexibility index (Phi) is 8.61. The van der Waals surface area contributed by atoms with E-state index in [-0.39, 0.29) is 0 Å². The Hall–Kier alpha value is -0.160. The van der Waals surface area contributed by atoms with Gasteiger partial charge in [0.2, 0.25) is 0 Å². The lowest BCUT2D eigenvalue weighted by molar-refractivity contribution is 0.0791. The largest absolute Gasteiger partial charge is 0.396 e. The minimum atomic E-state index is 0.317. The minimum Gasteiger partial charge on any atom is -0.396 e. The van der Waals surface area contributed by atoms with Crippen LogP contribution in [0.15, 0.2) is 0 Å². The topological polar surface area (TPSA) is 41.9 Å². The fourth-order valence-corrected chi connectivity index (χ4v) is 2.43. The van der Waals surface area contributed by atoms with Crippen LogP contribution in [0.3, 0.4) is 0 Å². The molecule has 4 nitrogen and oxygen atoms in total. The van der Waals surface area contributed by atoms with E-state index in [9.17, 15) is 0 Å². The molecule has 0 saturated carbocycles. The molecule has 102 valence electrons. The van der Waals surface area contributed by atoms with Crippen molar-refractivity contribution in [3.63, 3.8) is 0 Å². The van der Waals surface area contributed by atoms with E-state index < -0.39 is 0 Å². The van der Waals surface area contributed by atoms with Gasteiger partial charge >= 0.3 is 0 Å². The number of aliphatic hydroxyl groups excluding tert-OH is 1. The summed E-state index contributed by atoms with van der Waals surface area (Å²) in [6.45, 7) is 4.93. The molecule has 1 heterocycles. The Morgan fingerprint density at radius 3 is 2.88 bits per heavy atom. The molecule has 0 aromatic rings. The van der Waals surface area contributed by atoms with Gasteiger partial charge in [-0.25, -0.2) is 0 Å². The predicted molar refractivity (Wildman–Crippen MR) is 68.2 cm³/mol. The average Bonchev–Trinajstić information content (AvgIpc) is 2.78. The van der Waals surface area contributed by atoms with Crippen molar-refractivity contribution >= 4 is 0 Å². The highest BCUT2D eigenvalue weighted by molar-refractivity contribution is 4.78. The van der Waals surface area contributed by atoms with Crippen molar-refractivity contribution in [3.05, 3.63) is 0 Å². The molecule has 0 aromatic heterocycles. The monoisotopic (exact) mass is 245 g/mol. The maximum Gasteiger partial charge on any atom is 0.0593 e. The van der Waals surface area contributed by atoms with Gasteiger partial charge in [-0.1, -0.05) is 0 Å². The molecule has 17 heavy (non-hydrogen) atoms. The summed E-state index contributed by atoms with van der Waals surface area (Å²) in [5.74, 6) is 0. The third-order valence-corrected chi connectivity index (χ3v) is 3.35. The van der Waals surface area contributed by atoms with Gasteiger partial charge in [-0.3, -0.25) is 4.90 Å². The van der Waals surface area contributed by atoms with Crippen LogP contribution in [0.2, 0.25) is 0 Å². The van der Waals surface area contributed by atoms with Crippen LogP contribution in [-0.2, 0) is 9.47 Å². The van der Waals surface area contributed by atoms with Gasteiger partial charge in [-0.2, -0.15) is 0 Å². The zero-order valence-corrected chi connectivity index (χ0v) is 11.1. The lowest BCUT2D eigenvalue weighted by Gasteiger charge is -2.24. The smallest absolute Gasteiger partial charge is 0.0593 e. The highest BCUT2D eigenvalue weighted by Gasteiger charge is 2.23.